The number of aromatic hydroxyl groups is 5. The van der Waals surface area contributed by atoms with Gasteiger partial charge in [0.15, 0.2) is 11.5 Å². The van der Waals surface area contributed by atoms with Gasteiger partial charge in [-0.05, 0) is 57.4 Å². The molecule has 202 valence electrons. The van der Waals surface area contributed by atoms with Gasteiger partial charge in [0.05, 0.1) is 0 Å². The highest BCUT2D eigenvalue weighted by Crippen LogP contribution is 2.58. The number of thiophene rings is 1. The Morgan fingerprint density at radius 2 is 1.12 bits per heavy atom. The number of hydrogen-bond donors (Lipinski definition) is 5. The van der Waals surface area contributed by atoms with Crippen molar-refractivity contribution in [2.24, 2.45) is 0 Å². The maximum absolute atomic E-state index is 10.9. The Bertz CT molecular complexity index is 1810. The van der Waals surface area contributed by atoms with Crippen molar-refractivity contribution >= 4 is 64.5 Å². The molecule has 1 heterocycles. The molecule has 0 fully saturated rings. The number of anilines is 3. The molecule has 0 saturated heterocycles. The number of fused-ring (bicyclic) bond motifs is 3. The topological polar surface area (TPSA) is 104 Å². The summed E-state index contributed by atoms with van der Waals surface area (Å²) in [6.45, 7) is 4.00. The Balaban J connectivity index is 0.00000158. The molecule has 1 aromatic heterocycles. The summed E-state index contributed by atoms with van der Waals surface area (Å²) in [5, 5.41) is 54.5. The first-order valence-electron chi connectivity index (χ1n) is 12.6. The van der Waals surface area contributed by atoms with Gasteiger partial charge < -0.3 is 30.4 Å². The van der Waals surface area contributed by atoms with Gasteiger partial charge in [-0.15, -0.1) is 11.3 Å². The van der Waals surface area contributed by atoms with E-state index in [9.17, 15) is 25.5 Å². The molecule has 0 aliphatic rings. The SMILES string of the molecule is CC.Oc1c(O)c(O)c(N(c2ccc(-c3ccccc3)cc2)c2cc(Br)c3sc4ccccc4c3c2)c(O)c1O. The highest BCUT2D eigenvalue weighted by molar-refractivity contribution is 9.10. The van der Waals surface area contributed by atoms with Gasteiger partial charge >= 0.3 is 0 Å². The van der Waals surface area contributed by atoms with E-state index in [1.165, 1.54) is 4.90 Å². The highest BCUT2D eigenvalue weighted by Gasteiger charge is 2.29. The lowest BCUT2D eigenvalue weighted by Gasteiger charge is -2.28. The molecule has 0 saturated carbocycles. The lowest BCUT2D eigenvalue weighted by atomic mass is 10.0. The largest absolute Gasteiger partial charge is 0.503 e. The summed E-state index contributed by atoms with van der Waals surface area (Å²) in [6.07, 6.45) is 0. The fourth-order valence-corrected chi connectivity index (χ4v) is 6.41. The molecule has 0 atom stereocenters. The second-order valence-corrected chi connectivity index (χ2v) is 10.6. The Morgan fingerprint density at radius 1 is 0.575 bits per heavy atom. The van der Waals surface area contributed by atoms with E-state index in [1.54, 1.807) is 11.3 Å². The molecule has 6 rings (SSSR count). The zero-order valence-corrected chi connectivity index (χ0v) is 24.0. The summed E-state index contributed by atoms with van der Waals surface area (Å²) in [6, 6.07) is 29.0. The summed E-state index contributed by atoms with van der Waals surface area (Å²) in [5.74, 6) is -4.46. The molecule has 0 aliphatic carbocycles. The van der Waals surface area contributed by atoms with Crippen LogP contribution in [0.5, 0.6) is 28.7 Å². The molecule has 8 heteroatoms. The quantitative estimate of drug-likeness (QED) is 0.0999. The minimum atomic E-state index is -1.01. The van der Waals surface area contributed by atoms with Crippen LogP contribution in [0.15, 0.2) is 95.5 Å². The van der Waals surface area contributed by atoms with E-state index < -0.39 is 28.7 Å². The number of phenolic OH excluding ortho intramolecular Hbond substituents is 5. The third kappa shape index (κ3) is 4.55. The van der Waals surface area contributed by atoms with E-state index in [1.807, 2.05) is 105 Å². The van der Waals surface area contributed by atoms with Crippen LogP contribution >= 0.6 is 27.3 Å². The van der Waals surface area contributed by atoms with Crippen LogP contribution in [-0.4, -0.2) is 25.5 Å². The fraction of sp³-hybridized carbons (Fsp3) is 0.0625. The van der Waals surface area contributed by atoms with Crippen LogP contribution in [0.3, 0.4) is 0 Å². The van der Waals surface area contributed by atoms with Crippen LogP contribution in [0, 0.1) is 0 Å². The maximum atomic E-state index is 10.9. The number of phenols is 5. The molecule has 0 radical (unpaired) electrons. The van der Waals surface area contributed by atoms with Crippen molar-refractivity contribution in [3.05, 3.63) is 95.5 Å². The first kappa shape index (κ1) is 27.2. The van der Waals surface area contributed by atoms with Gasteiger partial charge in [0, 0.05) is 36.0 Å². The molecular weight excluding hydrogens is 590 g/mol. The second-order valence-electron chi connectivity index (χ2n) is 8.74. The van der Waals surface area contributed by atoms with E-state index in [2.05, 4.69) is 15.9 Å². The maximum Gasteiger partial charge on any atom is 0.208 e. The minimum Gasteiger partial charge on any atom is -0.503 e. The van der Waals surface area contributed by atoms with Crippen LogP contribution in [0.4, 0.5) is 17.1 Å². The number of benzene rings is 5. The minimum absolute atomic E-state index is 0.281. The van der Waals surface area contributed by atoms with Crippen molar-refractivity contribution in [2.75, 3.05) is 4.90 Å². The monoisotopic (exact) mass is 615 g/mol. The summed E-state index contributed by atoms with van der Waals surface area (Å²) >= 11 is 5.31. The van der Waals surface area contributed by atoms with E-state index in [-0.39, 0.29) is 5.69 Å². The van der Waals surface area contributed by atoms with Gasteiger partial charge in [0.2, 0.25) is 17.2 Å². The molecule has 5 aromatic carbocycles. The van der Waals surface area contributed by atoms with E-state index >= 15 is 0 Å². The third-order valence-corrected chi connectivity index (χ3v) is 8.59. The number of nitrogens with zero attached hydrogens (tertiary/aromatic N) is 1. The Hall–Kier alpha value is -4.40. The molecule has 5 N–H and O–H groups in total. The zero-order chi connectivity index (χ0) is 28.6. The smallest absolute Gasteiger partial charge is 0.208 e. The fourth-order valence-electron chi connectivity index (χ4n) is 4.63. The number of hydrogen-bond acceptors (Lipinski definition) is 7. The number of halogens is 1. The van der Waals surface area contributed by atoms with Crippen molar-refractivity contribution in [1.29, 1.82) is 0 Å². The molecule has 0 bridgehead atoms. The number of rotatable bonds is 4. The predicted octanol–water partition coefficient (Wildman–Crippen LogP) is 9.51. The van der Waals surface area contributed by atoms with Crippen LogP contribution in [0.25, 0.3) is 31.3 Å². The van der Waals surface area contributed by atoms with Crippen molar-refractivity contribution in [3.8, 4) is 39.9 Å². The lowest BCUT2D eigenvalue weighted by Crippen LogP contribution is -2.11. The molecule has 0 spiro atoms. The van der Waals surface area contributed by atoms with Gasteiger partial charge in [-0.1, -0.05) is 74.5 Å². The van der Waals surface area contributed by atoms with Gasteiger partial charge in [0.25, 0.3) is 0 Å². The zero-order valence-electron chi connectivity index (χ0n) is 21.6. The molecule has 6 nitrogen and oxygen atoms in total. The van der Waals surface area contributed by atoms with Crippen LogP contribution in [0.1, 0.15) is 13.8 Å². The third-order valence-electron chi connectivity index (χ3n) is 6.48. The average molecular weight is 617 g/mol. The summed E-state index contributed by atoms with van der Waals surface area (Å²) in [4.78, 5) is 1.52. The first-order chi connectivity index (χ1) is 19.3. The molecule has 0 aliphatic heterocycles. The van der Waals surface area contributed by atoms with E-state index in [0.29, 0.717) is 11.4 Å². The van der Waals surface area contributed by atoms with Gasteiger partial charge in [-0.3, -0.25) is 0 Å². The van der Waals surface area contributed by atoms with Gasteiger partial charge in [-0.25, -0.2) is 0 Å². The Morgan fingerprint density at radius 3 is 1.77 bits per heavy atom. The van der Waals surface area contributed by atoms with Crippen molar-refractivity contribution in [3.63, 3.8) is 0 Å². The molecule has 6 aromatic rings. The highest BCUT2D eigenvalue weighted by atomic mass is 79.9. The molecule has 0 unspecified atom stereocenters. The van der Waals surface area contributed by atoms with Crippen molar-refractivity contribution in [1.82, 2.24) is 0 Å². The standard InChI is InChI=1S/C30H20BrNO5S.C2H6/c31-22-15-19(14-21-20-8-4-5-9-23(20)38-30(21)22)32(24-25(33)27(35)29(37)28(36)26(24)34)18-12-10-17(11-13-18)16-6-2-1-3-7-16;1-2/h1-15,33-37H;1-2H3. The molecular formula is C32H26BrNO5S. The first-order valence-corrected chi connectivity index (χ1v) is 14.2. The second kappa shape index (κ2) is 11.0. The predicted molar refractivity (Wildman–Crippen MR) is 167 cm³/mol. The summed E-state index contributed by atoms with van der Waals surface area (Å²) in [5.41, 5.74) is 2.77. The van der Waals surface area contributed by atoms with Crippen molar-refractivity contribution < 1.29 is 25.5 Å². The van der Waals surface area contributed by atoms with E-state index in [0.717, 1.165) is 35.8 Å². The van der Waals surface area contributed by atoms with Gasteiger partial charge in [-0.2, -0.15) is 0 Å². The van der Waals surface area contributed by atoms with Crippen LogP contribution in [-0.2, 0) is 0 Å². The van der Waals surface area contributed by atoms with E-state index in [4.69, 9.17) is 0 Å². The Kier molecular flexibility index (Phi) is 7.47. The average Bonchev–Trinajstić information content (AvgIpc) is 3.38. The molecule has 40 heavy (non-hydrogen) atoms. The van der Waals surface area contributed by atoms with Crippen LogP contribution < -0.4 is 4.90 Å². The molecule has 0 amide bonds. The van der Waals surface area contributed by atoms with Crippen molar-refractivity contribution in [2.45, 2.75) is 13.8 Å². The lowest BCUT2D eigenvalue weighted by molar-refractivity contribution is 0.329. The van der Waals surface area contributed by atoms with Crippen LogP contribution in [0.2, 0.25) is 0 Å². The Labute approximate surface area is 243 Å². The van der Waals surface area contributed by atoms with Gasteiger partial charge in [0.1, 0.15) is 5.69 Å². The summed E-state index contributed by atoms with van der Waals surface area (Å²) < 4.78 is 2.92. The summed E-state index contributed by atoms with van der Waals surface area (Å²) in [7, 11) is 0. The normalized spacial score (nSPS) is 10.9.